The molecule has 1 amide bonds. The lowest BCUT2D eigenvalue weighted by Gasteiger charge is -2.30. The lowest BCUT2D eigenvalue weighted by atomic mass is 9.85. The van der Waals surface area contributed by atoms with E-state index >= 15 is 0 Å². The van der Waals surface area contributed by atoms with Gasteiger partial charge in [0.15, 0.2) is 0 Å². The zero-order valence-electron chi connectivity index (χ0n) is 15.6. The molecule has 0 saturated heterocycles. The number of amides is 1. The highest BCUT2D eigenvalue weighted by Gasteiger charge is 2.27. The summed E-state index contributed by atoms with van der Waals surface area (Å²) < 4.78 is 5.33. The first-order valence-electron chi connectivity index (χ1n) is 8.63. The number of carbonyl (C=O) groups excluding carboxylic acids is 1. The van der Waals surface area contributed by atoms with Gasteiger partial charge in [0.1, 0.15) is 5.60 Å². The summed E-state index contributed by atoms with van der Waals surface area (Å²) in [5, 5.41) is 6.60. The highest BCUT2D eigenvalue weighted by molar-refractivity contribution is 5.68. The van der Waals surface area contributed by atoms with Crippen molar-refractivity contribution in [1.82, 2.24) is 10.6 Å². The smallest absolute Gasteiger partial charge is 0.408 e. The van der Waals surface area contributed by atoms with Crippen LogP contribution in [0.15, 0.2) is 0 Å². The molecule has 0 heterocycles. The topological polar surface area (TPSA) is 50.4 Å². The van der Waals surface area contributed by atoms with Crippen LogP contribution in [0.2, 0.25) is 0 Å². The fourth-order valence-electron chi connectivity index (χ4n) is 2.89. The number of rotatable bonds is 4. The van der Waals surface area contributed by atoms with Crippen LogP contribution in [0, 0.1) is 5.41 Å². The van der Waals surface area contributed by atoms with E-state index in [-0.39, 0.29) is 11.6 Å². The highest BCUT2D eigenvalue weighted by atomic mass is 16.6. The van der Waals surface area contributed by atoms with Crippen LogP contribution >= 0.6 is 0 Å². The van der Waals surface area contributed by atoms with Crippen molar-refractivity contribution in [3.05, 3.63) is 0 Å². The molecule has 130 valence electrons. The Morgan fingerprint density at radius 3 is 2.36 bits per heavy atom. The molecule has 1 rings (SSSR count). The Morgan fingerprint density at radius 1 is 1.14 bits per heavy atom. The van der Waals surface area contributed by atoms with Gasteiger partial charge in [-0.15, -0.1) is 0 Å². The van der Waals surface area contributed by atoms with Crippen molar-refractivity contribution in [2.24, 2.45) is 5.41 Å². The lowest BCUT2D eigenvalue weighted by Crippen LogP contribution is -2.53. The molecule has 4 nitrogen and oxygen atoms in total. The van der Waals surface area contributed by atoms with Gasteiger partial charge in [-0.05, 0) is 65.7 Å². The van der Waals surface area contributed by atoms with Crippen LogP contribution in [-0.2, 0) is 4.74 Å². The average Bonchev–Trinajstić information content (AvgIpc) is 2.44. The standard InChI is InChI=1S/C18H36N2O2/c1-16(2,3)22-15(21)20-18(6,7)13-19-14-9-8-11-17(4,5)12-10-14/h14,19H,8-13H2,1-7H3,(H,20,21). The Kier molecular flexibility index (Phi) is 6.31. The Bertz CT molecular complexity index is 370. The zero-order chi connectivity index (χ0) is 17.0. The summed E-state index contributed by atoms with van der Waals surface area (Å²) in [6, 6.07) is 0.557. The van der Waals surface area contributed by atoms with E-state index in [9.17, 15) is 4.79 Å². The molecule has 0 radical (unpaired) electrons. The normalized spacial score (nSPS) is 22.8. The predicted octanol–water partition coefficient (Wildman–Crippen LogP) is 4.24. The summed E-state index contributed by atoms with van der Waals surface area (Å²) in [5.74, 6) is 0. The van der Waals surface area contributed by atoms with Gasteiger partial charge in [-0.3, -0.25) is 0 Å². The summed E-state index contributed by atoms with van der Waals surface area (Å²) in [6.07, 6.45) is 5.96. The maximum atomic E-state index is 11.9. The van der Waals surface area contributed by atoms with Gasteiger partial charge in [-0.2, -0.15) is 0 Å². The van der Waals surface area contributed by atoms with E-state index in [2.05, 4.69) is 24.5 Å². The second-order valence-electron chi connectivity index (χ2n) is 9.18. The molecule has 0 aromatic rings. The third kappa shape index (κ3) is 8.02. The van der Waals surface area contributed by atoms with Crippen molar-refractivity contribution in [2.75, 3.05) is 6.54 Å². The fraction of sp³-hybridized carbons (Fsp3) is 0.944. The van der Waals surface area contributed by atoms with E-state index in [0.29, 0.717) is 11.5 Å². The van der Waals surface area contributed by atoms with Gasteiger partial charge in [-0.25, -0.2) is 4.79 Å². The van der Waals surface area contributed by atoms with Gasteiger partial charge in [0, 0.05) is 12.6 Å². The second-order valence-corrected chi connectivity index (χ2v) is 9.18. The molecule has 0 bridgehead atoms. The largest absolute Gasteiger partial charge is 0.444 e. The number of hydrogen-bond acceptors (Lipinski definition) is 3. The first-order valence-corrected chi connectivity index (χ1v) is 8.63. The van der Waals surface area contributed by atoms with E-state index in [4.69, 9.17) is 4.74 Å². The summed E-state index contributed by atoms with van der Waals surface area (Å²) in [6.45, 7) is 15.2. The molecule has 1 saturated carbocycles. The maximum absolute atomic E-state index is 11.9. The summed E-state index contributed by atoms with van der Waals surface area (Å²) >= 11 is 0. The molecule has 0 aliphatic heterocycles. The molecule has 0 spiro atoms. The maximum Gasteiger partial charge on any atom is 0.408 e. The van der Waals surface area contributed by atoms with Gasteiger partial charge in [0.05, 0.1) is 5.54 Å². The molecule has 1 atom stereocenters. The van der Waals surface area contributed by atoms with Crippen molar-refractivity contribution in [1.29, 1.82) is 0 Å². The SMILES string of the molecule is CC1(C)CCCC(NCC(C)(C)NC(=O)OC(C)(C)C)CC1. The Hall–Kier alpha value is -0.770. The third-order valence-electron chi connectivity index (χ3n) is 4.25. The Morgan fingerprint density at radius 2 is 1.77 bits per heavy atom. The number of hydrogen-bond donors (Lipinski definition) is 2. The average molecular weight is 312 g/mol. The molecule has 1 fully saturated rings. The van der Waals surface area contributed by atoms with E-state index in [1.54, 1.807) is 0 Å². The van der Waals surface area contributed by atoms with E-state index in [0.717, 1.165) is 6.54 Å². The van der Waals surface area contributed by atoms with Crippen LogP contribution in [0.5, 0.6) is 0 Å². The molecule has 4 heteroatoms. The van der Waals surface area contributed by atoms with Gasteiger partial charge >= 0.3 is 6.09 Å². The minimum atomic E-state index is -0.458. The number of alkyl carbamates (subject to hydrolysis) is 1. The highest BCUT2D eigenvalue weighted by Crippen LogP contribution is 2.33. The molecule has 0 aromatic carbocycles. The van der Waals surface area contributed by atoms with Crippen LogP contribution in [0.4, 0.5) is 4.79 Å². The van der Waals surface area contributed by atoms with Crippen molar-refractivity contribution in [3.63, 3.8) is 0 Å². The number of carbonyl (C=O) groups is 1. The Balaban J connectivity index is 2.40. The van der Waals surface area contributed by atoms with Crippen molar-refractivity contribution >= 4 is 6.09 Å². The van der Waals surface area contributed by atoms with Crippen LogP contribution < -0.4 is 10.6 Å². The van der Waals surface area contributed by atoms with Crippen LogP contribution in [0.3, 0.4) is 0 Å². The first-order chi connectivity index (χ1) is 9.89. The molecule has 0 aromatic heterocycles. The van der Waals surface area contributed by atoms with Crippen molar-refractivity contribution in [2.45, 2.75) is 97.8 Å². The van der Waals surface area contributed by atoms with Crippen LogP contribution in [0.1, 0.15) is 80.6 Å². The van der Waals surface area contributed by atoms with E-state index in [1.807, 2.05) is 34.6 Å². The van der Waals surface area contributed by atoms with Gasteiger partial charge in [-0.1, -0.05) is 20.3 Å². The summed E-state index contributed by atoms with van der Waals surface area (Å²) in [4.78, 5) is 11.9. The van der Waals surface area contributed by atoms with E-state index < -0.39 is 5.60 Å². The monoisotopic (exact) mass is 312 g/mol. The van der Waals surface area contributed by atoms with Crippen LogP contribution in [0.25, 0.3) is 0 Å². The summed E-state index contributed by atoms with van der Waals surface area (Å²) in [5.41, 5.74) is -0.300. The van der Waals surface area contributed by atoms with E-state index in [1.165, 1.54) is 32.1 Å². The molecule has 1 aliphatic rings. The van der Waals surface area contributed by atoms with Gasteiger partial charge in [0.25, 0.3) is 0 Å². The minimum absolute atomic E-state index is 0.315. The zero-order valence-corrected chi connectivity index (χ0v) is 15.6. The molecule has 1 unspecified atom stereocenters. The lowest BCUT2D eigenvalue weighted by molar-refractivity contribution is 0.0470. The molecule has 1 aliphatic carbocycles. The van der Waals surface area contributed by atoms with Gasteiger partial charge in [0.2, 0.25) is 0 Å². The van der Waals surface area contributed by atoms with Crippen molar-refractivity contribution < 1.29 is 9.53 Å². The second kappa shape index (κ2) is 7.20. The minimum Gasteiger partial charge on any atom is -0.444 e. The first kappa shape index (κ1) is 19.3. The van der Waals surface area contributed by atoms with Gasteiger partial charge < -0.3 is 15.4 Å². The molecule has 2 N–H and O–H groups in total. The predicted molar refractivity (Wildman–Crippen MR) is 92.1 cm³/mol. The number of ether oxygens (including phenoxy) is 1. The molecular formula is C18H36N2O2. The molecular weight excluding hydrogens is 276 g/mol. The number of nitrogens with one attached hydrogen (secondary N) is 2. The third-order valence-corrected chi connectivity index (χ3v) is 4.25. The Labute approximate surface area is 136 Å². The molecule has 22 heavy (non-hydrogen) atoms. The summed E-state index contributed by atoms with van der Waals surface area (Å²) in [7, 11) is 0. The van der Waals surface area contributed by atoms with Crippen LogP contribution in [-0.4, -0.2) is 29.8 Å². The van der Waals surface area contributed by atoms with Crippen molar-refractivity contribution in [3.8, 4) is 0 Å². The fourth-order valence-corrected chi connectivity index (χ4v) is 2.89. The quantitative estimate of drug-likeness (QED) is 0.763.